The molecular formula is C13H22ClN3O. The maximum Gasteiger partial charge on any atom is 0.130 e. The molecular weight excluding hydrogens is 250 g/mol. The molecule has 5 heteroatoms. The summed E-state index contributed by atoms with van der Waals surface area (Å²) in [6.07, 6.45) is 2.34. The van der Waals surface area contributed by atoms with E-state index in [9.17, 15) is 0 Å². The minimum Gasteiger partial charge on any atom is -0.378 e. The van der Waals surface area contributed by atoms with Crippen LogP contribution in [0.25, 0.3) is 0 Å². The molecule has 1 aromatic rings. The molecule has 4 nitrogen and oxygen atoms in total. The molecule has 1 aliphatic heterocycles. The number of halogens is 1. The van der Waals surface area contributed by atoms with Gasteiger partial charge in [0.25, 0.3) is 0 Å². The van der Waals surface area contributed by atoms with Gasteiger partial charge in [0, 0.05) is 31.2 Å². The molecule has 0 saturated carbocycles. The zero-order valence-corrected chi connectivity index (χ0v) is 12.3. The Morgan fingerprint density at radius 1 is 1.61 bits per heavy atom. The number of hydrogen-bond donors (Lipinski definition) is 1. The second-order valence-electron chi connectivity index (χ2n) is 5.11. The average molecular weight is 272 g/mol. The molecule has 0 spiro atoms. The Morgan fingerprint density at radius 3 is 2.78 bits per heavy atom. The Labute approximate surface area is 114 Å². The highest BCUT2D eigenvalue weighted by molar-refractivity contribution is 6.30. The first kappa shape index (κ1) is 13.8. The van der Waals surface area contributed by atoms with Gasteiger partial charge in [-0.3, -0.25) is 4.68 Å². The maximum atomic E-state index is 6.30. The third kappa shape index (κ3) is 2.56. The van der Waals surface area contributed by atoms with Crippen LogP contribution in [0.3, 0.4) is 0 Å². The quantitative estimate of drug-likeness (QED) is 0.910. The summed E-state index contributed by atoms with van der Waals surface area (Å²) in [5.74, 6) is 0.547. The number of aromatic nitrogens is 2. The summed E-state index contributed by atoms with van der Waals surface area (Å²) in [4.78, 5) is 0. The summed E-state index contributed by atoms with van der Waals surface area (Å²) in [6, 6.07) is 0.392. The van der Waals surface area contributed by atoms with Gasteiger partial charge in [-0.15, -0.1) is 0 Å². The number of aryl methyl sites for hydroxylation is 2. The van der Waals surface area contributed by atoms with Crippen LogP contribution in [0.2, 0.25) is 5.15 Å². The van der Waals surface area contributed by atoms with E-state index in [4.69, 9.17) is 16.3 Å². The van der Waals surface area contributed by atoms with Gasteiger partial charge in [0.05, 0.1) is 11.8 Å². The Balaban J connectivity index is 2.15. The van der Waals surface area contributed by atoms with Crippen LogP contribution in [0.1, 0.15) is 24.6 Å². The fourth-order valence-corrected chi connectivity index (χ4v) is 3.12. The number of rotatable bonds is 4. The van der Waals surface area contributed by atoms with Crippen molar-refractivity contribution in [2.75, 3.05) is 13.7 Å². The van der Waals surface area contributed by atoms with Crippen molar-refractivity contribution in [3.8, 4) is 0 Å². The Morgan fingerprint density at radius 2 is 2.33 bits per heavy atom. The fraction of sp³-hybridized carbons (Fsp3) is 0.769. The van der Waals surface area contributed by atoms with E-state index in [2.05, 4.69) is 17.3 Å². The molecule has 1 saturated heterocycles. The molecule has 0 aliphatic carbocycles. The maximum absolute atomic E-state index is 6.30. The van der Waals surface area contributed by atoms with Gasteiger partial charge >= 0.3 is 0 Å². The van der Waals surface area contributed by atoms with E-state index in [1.54, 1.807) is 4.68 Å². The first-order valence-electron chi connectivity index (χ1n) is 6.51. The minimum atomic E-state index is 0.318. The SMILES string of the molecule is CNC(Cc1c(C)nn(C)c1Cl)C1CCOC1C. The first-order valence-corrected chi connectivity index (χ1v) is 6.89. The van der Waals surface area contributed by atoms with Gasteiger partial charge in [-0.1, -0.05) is 11.6 Å². The molecule has 18 heavy (non-hydrogen) atoms. The van der Waals surface area contributed by atoms with Crippen LogP contribution in [-0.2, 0) is 18.2 Å². The predicted octanol–water partition coefficient (Wildman–Crippen LogP) is 1.94. The smallest absolute Gasteiger partial charge is 0.130 e. The summed E-state index contributed by atoms with van der Waals surface area (Å²) in [6.45, 7) is 5.03. The summed E-state index contributed by atoms with van der Waals surface area (Å²) >= 11 is 6.30. The molecule has 102 valence electrons. The number of nitrogens with zero attached hydrogens (tertiary/aromatic N) is 2. The molecule has 1 aromatic heterocycles. The van der Waals surface area contributed by atoms with Crippen molar-refractivity contribution in [3.05, 3.63) is 16.4 Å². The lowest BCUT2D eigenvalue weighted by atomic mass is 9.89. The second kappa shape index (κ2) is 5.59. The van der Waals surface area contributed by atoms with E-state index in [1.165, 1.54) is 0 Å². The molecule has 2 rings (SSSR count). The molecule has 3 atom stereocenters. The number of likely N-dealkylation sites (N-methyl/N-ethyl adjacent to an activating group) is 1. The summed E-state index contributed by atoms with van der Waals surface area (Å²) in [7, 11) is 3.89. The third-order valence-corrected chi connectivity index (χ3v) is 4.49. The standard InChI is InChI=1S/C13H22ClN3O/c1-8-11(13(14)17(4)16-8)7-12(15-3)10-5-6-18-9(10)2/h9-10,12,15H,5-7H2,1-4H3. The van der Waals surface area contributed by atoms with Crippen LogP contribution in [-0.4, -0.2) is 35.6 Å². The molecule has 1 fully saturated rings. The predicted molar refractivity (Wildman–Crippen MR) is 73.0 cm³/mol. The number of hydrogen-bond acceptors (Lipinski definition) is 3. The lowest BCUT2D eigenvalue weighted by Gasteiger charge is -2.25. The molecule has 0 bridgehead atoms. The molecule has 0 aromatic carbocycles. The molecule has 1 aliphatic rings. The largest absolute Gasteiger partial charge is 0.378 e. The highest BCUT2D eigenvalue weighted by Crippen LogP contribution is 2.28. The van der Waals surface area contributed by atoms with Gasteiger partial charge in [0.2, 0.25) is 0 Å². The fourth-order valence-electron chi connectivity index (χ4n) is 2.87. The highest BCUT2D eigenvalue weighted by atomic mass is 35.5. The minimum absolute atomic E-state index is 0.318. The number of nitrogens with one attached hydrogen (secondary N) is 1. The van der Waals surface area contributed by atoms with Crippen LogP contribution in [0.4, 0.5) is 0 Å². The number of ether oxygens (including phenoxy) is 1. The van der Waals surface area contributed by atoms with Crippen LogP contribution in [0, 0.1) is 12.8 Å². The lowest BCUT2D eigenvalue weighted by Crippen LogP contribution is -2.38. The van der Waals surface area contributed by atoms with Crippen molar-refractivity contribution in [2.24, 2.45) is 13.0 Å². The average Bonchev–Trinajstić information content (AvgIpc) is 2.84. The lowest BCUT2D eigenvalue weighted by molar-refractivity contribution is 0.0963. The van der Waals surface area contributed by atoms with Gasteiger partial charge in [0.1, 0.15) is 5.15 Å². The zero-order chi connectivity index (χ0) is 13.3. The van der Waals surface area contributed by atoms with E-state index in [0.29, 0.717) is 18.1 Å². The Kier molecular flexibility index (Phi) is 4.30. The molecule has 2 heterocycles. The van der Waals surface area contributed by atoms with Crippen molar-refractivity contribution in [1.29, 1.82) is 0 Å². The first-order chi connectivity index (χ1) is 8.54. The van der Waals surface area contributed by atoms with Crippen LogP contribution < -0.4 is 5.32 Å². The summed E-state index contributed by atoms with van der Waals surface area (Å²) in [5, 5.41) is 8.53. The molecule has 3 unspecified atom stereocenters. The Bertz CT molecular complexity index is 419. The van der Waals surface area contributed by atoms with Crippen molar-refractivity contribution in [2.45, 2.75) is 38.8 Å². The van der Waals surface area contributed by atoms with Gasteiger partial charge in [-0.2, -0.15) is 5.10 Å². The van der Waals surface area contributed by atoms with Crippen LogP contribution >= 0.6 is 11.6 Å². The Hall–Kier alpha value is -0.580. The van der Waals surface area contributed by atoms with Gasteiger partial charge < -0.3 is 10.1 Å². The van der Waals surface area contributed by atoms with E-state index in [0.717, 1.165) is 35.9 Å². The molecule has 1 N–H and O–H groups in total. The normalized spacial score (nSPS) is 25.6. The van der Waals surface area contributed by atoms with E-state index >= 15 is 0 Å². The van der Waals surface area contributed by atoms with Gasteiger partial charge in [-0.05, 0) is 33.7 Å². The summed E-state index contributed by atoms with van der Waals surface area (Å²) in [5.41, 5.74) is 2.17. The molecule has 0 radical (unpaired) electrons. The van der Waals surface area contributed by atoms with Crippen molar-refractivity contribution < 1.29 is 4.74 Å². The second-order valence-corrected chi connectivity index (χ2v) is 5.46. The summed E-state index contributed by atoms with van der Waals surface area (Å²) < 4.78 is 7.40. The third-order valence-electron chi connectivity index (χ3n) is 4.02. The van der Waals surface area contributed by atoms with Gasteiger partial charge in [-0.25, -0.2) is 0 Å². The van der Waals surface area contributed by atoms with Gasteiger partial charge in [0.15, 0.2) is 0 Å². The highest BCUT2D eigenvalue weighted by Gasteiger charge is 2.32. The van der Waals surface area contributed by atoms with Crippen molar-refractivity contribution in [3.63, 3.8) is 0 Å². The van der Waals surface area contributed by atoms with E-state index in [1.807, 2.05) is 21.0 Å². The topological polar surface area (TPSA) is 39.1 Å². The van der Waals surface area contributed by atoms with E-state index in [-0.39, 0.29) is 0 Å². The van der Waals surface area contributed by atoms with Crippen molar-refractivity contribution >= 4 is 11.6 Å². The van der Waals surface area contributed by atoms with Crippen molar-refractivity contribution in [1.82, 2.24) is 15.1 Å². The molecule has 0 amide bonds. The van der Waals surface area contributed by atoms with Crippen LogP contribution in [0.5, 0.6) is 0 Å². The van der Waals surface area contributed by atoms with E-state index < -0.39 is 0 Å². The monoisotopic (exact) mass is 271 g/mol. The zero-order valence-electron chi connectivity index (χ0n) is 11.5. The van der Waals surface area contributed by atoms with Crippen LogP contribution in [0.15, 0.2) is 0 Å².